The highest BCUT2D eigenvalue weighted by Crippen LogP contribution is 2.58. The van der Waals surface area contributed by atoms with Gasteiger partial charge in [-0.3, -0.25) is 14.5 Å². The minimum atomic E-state index is -0.656. The third kappa shape index (κ3) is 2.47. The molecule has 0 atom stereocenters. The minimum Gasteiger partial charge on any atom is -0.263 e. The zero-order valence-electron chi connectivity index (χ0n) is 16.0. The number of benzene rings is 1. The number of amides is 4. The van der Waals surface area contributed by atoms with Crippen LogP contribution >= 0.6 is 0 Å². The largest absolute Gasteiger partial charge is 0.335 e. The lowest BCUT2D eigenvalue weighted by atomic mass is 9.52. The van der Waals surface area contributed by atoms with Crippen LogP contribution < -0.4 is 0 Å². The number of imide groups is 2. The number of hydrogen-bond acceptors (Lipinski definition) is 3. The van der Waals surface area contributed by atoms with Crippen molar-refractivity contribution in [3.05, 3.63) is 34.9 Å². The normalized spacial score (nSPS) is 34.9. The van der Waals surface area contributed by atoms with Crippen molar-refractivity contribution in [2.45, 2.75) is 64.5 Å². The first-order valence-electron chi connectivity index (χ1n) is 10.1. The minimum absolute atomic E-state index is 0.180. The van der Waals surface area contributed by atoms with E-state index in [4.69, 9.17) is 0 Å². The van der Waals surface area contributed by atoms with Gasteiger partial charge in [-0.2, -0.15) is 0 Å². The van der Waals surface area contributed by atoms with Crippen LogP contribution in [0.4, 0.5) is 4.79 Å². The van der Waals surface area contributed by atoms with Crippen LogP contribution in [0.2, 0.25) is 0 Å². The number of carbonyl (C=O) groups is 3. The van der Waals surface area contributed by atoms with Crippen molar-refractivity contribution in [2.75, 3.05) is 0 Å². The molecule has 5 aliphatic rings. The van der Waals surface area contributed by atoms with E-state index in [-0.39, 0.29) is 6.54 Å². The van der Waals surface area contributed by atoms with E-state index in [0.717, 1.165) is 36.0 Å². The summed E-state index contributed by atoms with van der Waals surface area (Å²) in [4.78, 5) is 41.4. The maximum atomic E-state index is 13.3. The fourth-order valence-electron chi connectivity index (χ4n) is 6.54. The van der Waals surface area contributed by atoms with Gasteiger partial charge in [0.25, 0.3) is 0 Å². The van der Waals surface area contributed by atoms with Gasteiger partial charge >= 0.3 is 17.8 Å². The van der Waals surface area contributed by atoms with E-state index in [1.807, 2.05) is 32.0 Å². The van der Waals surface area contributed by atoms with Gasteiger partial charge in [0.1, 0.15) is 0 Å². The molecule has 0 spiro atoms. The second-order valence-corrected chi connectivity index (χ2v) is 9.39. The number of nitrogens with zero attached hydrogens (tertiary/aromatic N) is 2. The zero-order chi connectivity index (χ0) is 18.9. The van der Waals surface area contributed by atoms with Crippen molar-refractivity contribution in [1.29, 1.82) is 0 Å². The number of carbonyl (C=O) groups excluding carboxylic acids is 3. The quantitative estimate of drug-likeness (QED) is 0.607. The van der Waals surface area contributed by atoms with E-state index in [9.17, 15) is 14.4 Å². The van der Waals surface area contributed by atoms with E-state index in [1.54, 1.807) is 0 Å². The molecule has 27 heavy (non-hydrogen) atoms. The van der Waals surface area contributed by atoms with Crippen molar-refractivity contribution >= 4 is 17.8 Å². The summed E-state index contributed by atoms with van der Waals surface area (Å²) in [6.45, 7) is 4.14. The fraction of sp³-hybridized carbons (Fsp3) is 0.591. The third-order valence-electron chi connectivity index (χ3n) is 7.37. The predicted octanol–water partition coefficient (Wildman–Crippen LogP) is 3.56. The number of aryl methyl sites for hydroxylation is 2. The molecule has 0 radical (unpaired) electrons. The highest BCUT2D eigenvalue weighted by atomic mass is 16.2. The Morgan fingerprint density at radius 2 is 1.52 bits per heavy atom. The van der Waals surface area contributed by atoms with E-state index in [2.05, 4.69) is 0 Å². The Morgan fingerprint density at radius 1 is 0.926 bits per heavy atom. The smallest absolute Gasteiger partial charge is 0.263 e. The van der Waals surface area contributed by atoms with Gasteiger partial charge in [-0.1, -0.05) is 23.8 Å². The average molecular weight is 366 g/mol. The van der Waals surface area contributed by atoms with Gasteiger partial charge < -0.3 is 0 Å². The zero-order valence-corrected chi connectivity index (χ0v) is 16.0. The maximum Gasteiger partial charge on any atom is 0.335 e. The molecule has 4 bridgehead atoms. The summed E-state index contributed by atoms with van der Waals surface area (Å²) >= 11 is 0. The van der Waals surface area contributed by atoms with Crippen molar-refractivity contribution in [1.82, 2.24) is 9.80 Å². The lowest BCUT2D eigenvalue weighted by molar-refractivity contribution is -0.150. The van der Waals surface area contributed by atoms with E-state index >= 15 is 0 Å². The molecule has 5 heteroatoms. The van der Waals surface area contributed by atoms with Crippen LogP contribution in [0.25, 0.3) is 0 Å². The van der Waals surface area contributed by atoms with Gasteiger partial charge in [-0.05, 0) is 81.3 Å². The molecule has 1 saturated heterocycles. The van der Waals surface area contributed by atoms with Crippen LogP contribution in [0.5, 0.6) is 0 Å². The van der Waals surface area contributed by atoms with Gasteiger partial charge in [0.2, 0.25) is 0 Å². The van der Waals surface area contributed by atoms with Crippen molar-refractivity contribution in [3.8, 4) is 0 Å². The summed E-state index contributed by atoms with van der Waals surface area (Å²) in [6.07, 6.45) is 6.37. The van der Waals surface area contributed by atoms with E-state index in [0.29, 0.717) is 17.8 Å². The predicted molar refractivity (Wildman–Crippen MR) is 99.6 cm³/mol. The Kier molecular flexibility index (Phi) is 3.56. The molecule has 1 aromatic rings. The molecule has 0 unspecified atom stereocenters. The molecular formula is C22H26N2O3. The van der Waals surface area contributed by atoms with Crippen molar-refractivity contribution < 1.29 is 14.4 Å². The first-order valence-corrected chi connectivity index (χ1v) is 10.1. The molecule has 5 fully saturated rings. The lowest BCUT2D eigenvalue weighted by Gasteiger charge is -2.58. The number of rotatable bonds is 3. The molecule has 6 rings (SSSR count). The van der Waals surface area contributed by atoms with Gasteiger partial charge in [-0.15, -0.1) is 0 Å². The van der Waals surface area contributed by atoms with Crippen LogP contribution in [0.15, 0.2) is 18.2 Å². The Bertz CT molecular complexity index is 824. The molecule has 1 heterocycles. The molecule has 4 amide bonds. The second kappa shape index (κ2) is 5.66. The molecule has 5 nitrogen and oxygen atoms in total. The van der Waals surface area contributed by atoms with E-state index < -0.39 is 23.4 Å². The molecule has 0 N–H and O–H groups in total. The van der Waals surface area contributed by atoms with Gasteiger partial charge in [-0.25, -0.2) is 9.69 Å². The Morgan fingerprint density at radius 3 is 2.11 bits per heavy atom. The molecule has 142 valence electrons. The third-order valence-corrected chi connectivity index (χ3v) is 7.37. The summed E-state index contributed by atoms with van der Waals surface area (Å²) in [5.41, 5.74) is 2.63. The van der Waals surface area contributed by atoms with Gasteiger partial charge in [0.15, 0.2) is 0 Å². The molecule has 1 aromatic carbocycles. The molecule has 0 aromatic heterocycles. The van der Waals surface area contributed by atoms with Crippen molar-refractivity contribution in [3.63, 3.8) is 0 Å². The van der Waals surface area contributed by atoms with E-state index in [1.165, 1.54) is 29.1 Å². The standard InChI is InChI=1S/C22H26N2O3/c1-13-3-4-14(2)18(5-13)12-23-19(25)20(26)24(21(23)27)22-9-15-6-16(10-22)8-17(7-15)11-22/h3-5,15-17H,6-12H2,1-2H3. The highest BCUT2D eigenvalue weighted by molar-refractivity contribution is 6.44. The fourth-order valence-corrected chi connectivity index (χ4v) is 6.54. The first kappa shape index (κ1) is 17.0. The van der Waals surface area contributed by atoms with Crippen LogP contribution in [0, 0.1) is 31.6 Å². The summed E-state index contributed by atoms with van der Waals surface area (Å²) in [5.74, 6) is 0.573. The van der Waals surface area contributed by atoms with Crippen molar-refractivity contribution in [2.24, 2.45) is 17.8 Å². The Balaban J connectivity index is 1.46. The summed E-state index contributed by atoms with van der Waals surface area (Å²) in [6, 6.07) is 5.61. The molecule has 4 aliphatic carbocycles. The SMILES string of the molecule is Cc1ccc(C)c(CN2C(=O)C(=O)N(C34CC5CC(CC(C5)C3)C4)C2=O)c1. The summed E-state index contributed by atoms with van der Waals surface area (Å²) < 4.78 is 0. The Labute approximate surface area is 159 Å². The van der Waals surface area contributed by atoms with Crippen LogP contribution in [-0.2, 0) is 16.1 Å². The maximum absolute atomic E-state index is 13.3. The lowest BCUT2D eigenvalue weighted by Crippen LogP contribution is -2.61. The summed E-state index contributed by atoms with van der Waals surface area (Å²) in [5, 5.41) is 0. The summed E-state index contributed by atoms with van der Waals surface area (Å²) in [7, 11) is 0. The first-order chi connectivity index (χ1) is 12.9. The van der Waals surface area contributed by atoms with Gasteiger partial charge in [0.05, 0.1) is 12.1 Å². The Hall–Kier alpha value is -2.17. The second-order valence-electron chi connectivity index (χ2n) is 9.39. The number of hydrogen-bond donors (Lipinski definition) is 0. The molecular weight excluding hydrogens is 340 g/mol. The molecule has 1 aliphatic heterocycles. The highest BCUT2D eigenvalue weighted by Gasteiger charge is 2.60. The monoisotopic (exact) mass is 366 g/mol. The molecule has 4 saturated carbocycles. The van der Waals surface area contributed by atoms with Crippen LogP contribution in [0.3, 0.4) is 0 Å². The van der Waals surface area contributed by atoms with Crippen LogP contribution in [-0.4, -0.2) is 33.2 Å². The number of urea groups is 1. The topological polar surface area (TPSA) is 57.7 Å². The van der Waals surface area contributed by atoms with Gasteiger partial charge in [0, 0.05) is 0 Å². The average Bonchev–Trinajstić information content (AvgIpc) is 2.80. The van der Waals surface area contributed by atoms with Crippen LogP contribution in [0.1, 0.15) is 55.2 Å².